The first-order valence-electron chi connectivity index (χ1n) is 7.62. The monoisotopic (exact) mass is 254 g/mol. The van der Waals surface area contributed by atoms with Crippen LogP contribution in [0.1, 0.15) is 57.8 Å². The van der Waals surface area contributed by atoms with Crippen LogP contribution in [0.25, 0.3) is 0 Å². The molecule has 1 saturated carbocycles. The van der Waals surface area contributed by atoms with Gasteiger partial charge in [0.05, 0.1) is 24.9 Å². The highest BCUT2D eigenvalue weighted by Crippen LogP contribution is 2.46. The number of ether oxygens (including phenoxy) is 2. The van der Waals surface area contributed by atoms with Gasteiger partial charge in [-0.25, -0.2) is 0 Å². The minimum absolute atomic E-state index is 0.0208. The van der Waals surface area contributed by atoms with Crippen LogP contribution in [0.5, 0.6) is 0 Å². The highest BCUT2D eigenvalue weighted by Gasteiger charge is 2.45. The summed E-state index contributed by atoms with van der Waals surface area (Å²) in [7, 11) is 0. The molecule has 0 aromatic heterocycles. The molecule has 3 rings (SSSR count). The Morgan fingerprint density at radius 3 is 2.56 bits per heavy atom. The Labute approximate surface area is 110 Å². The molecule has 3 heteroatoms. The van der Waals surface area contributed by atoms with E-state index in [-0.39, 0.29) is 17.6 Å². The van der Waals surface area contributed by atoms with Crippen LogP contribution in [0.3, 0.4) is 0 Å². The standard InChI is InChI=1S/C15H26O3/c16-11-14(5-3-9-17-12-14)10-13-4-8-15(18-13)6-1-2-7-15/h13,16H,1-12H2. The molecule has 18 heavy (non-hydrogen) atoms. The first-order valence-corrected chi connectivity index (χ1v) is 7.62. The van der Waals surface area contributed by atoms with E-state index in [1.165, 1.54) is 38.5 Å². The maximum atomic E-state index is 9.72. The number of rotatable bonds is 3. The molecule has 0 bridgehead atoms. The van der Waals surface area contributed by atoms with Gasteiger partial charge in [0.15, 0.2) is 0 Å². The lowest BCUT2D eigenvalue weighted by Crippen LogP contribution is -2.39. The predicted octanol–water partition coefficient (Wildman–Crippen LogP) is 2.66. The Bertz CT molecular complexity index is 277. The fourth-order valence-electron chi connectivity index (χ4n) is 4.17. The van der Waals surface area contributed by atoms with Crippen molar-refractivity contribution in [3.8, 4) is 0 Å². The second-order valence-corrected chi connectivity index (χ2v) is 6.69. The molecule has 0 aromatic rings. The summed E-state index contributed by atoms with van der Waals surface area (Å²) < 4.78 is 12.0. The topological polar surface area (TPSA) is 38.7 Å². The van der Waals surface area contributed by atoms with Crippen molar-refractivity contribution in [2.75, 3.05) is 19.8 Å². The first kappa shape index (κ1) is 12.9. The summed E-state index contributed by atoms with van der Waals surface area (Å²) in [6.45, 7) is 1.83. The van der Waals surface area contributed by atoms with Crippen LogP contribution in [0.2, 0.25) is 0 Å². The average Bonchev–Trinajstić information content (AvgIpc) is 3.02. The predicted molar refractivity (Wildman–Crippen MR) is 69.5 cm³/mol. The fourth-order valence-corrected chi connectivity index (χ4v) is 4.17. The van der Waals surface area contributed by atoms with Crippen LogP contribution < -0.4 is 0 Å². The quantitative estimate of drug-likeness (QED) is 0.841. The Morgan fingerprint density at radius 2 is 1.89 bits per heavy atom. The molecule has 2 atom stereocenters. The second-order valence-electron chi connectivity index (χ2n) is 6.69. The largest absolute Gasteiger partial charge is 0.396 e. The summed E-state index contributed by atoms with van der Waals surface area (Å²) in [6.07, 6.45) is 11.1. The maximum Gasteiger partial charge on any atom is 0.0687 e. The third-order valence-electron chi connectivity index (χ3n) is 5.25. The van der Waals surface area contributed by atoms with Gasteiger partial charge in [0.1, 0.15) is 0 Å². The van der Waals surface area contributed by atoms with E-state index < -0.39 is 0 Å². The van der Waals surface area contributed by atoms with Crippen LogP contribution >= 0.6 is 0 Å². The summed E-state index contributed by atoms with van der Waals surface area (Å²) in [4.78, 5) is 0. The normalized spacial score (nSPS) is 39.5. The molecule has 3 aliphatic rings. The number of aliphatic hydroxyl groups excluding tert-OH is 1. The lowest BCUT2D eigenvalue weighted by Gasteiger charge is -2.37. The van der Waals surface area contributed by atoms with Gasteiger partial charge in [-0.15, -0.1) is 0 Å². The molecule has 0 radical (unpaired) electrons. The molecule has 3 fully saturated rings. The van der Waals surface area contributed by atoms with E-state index in [0.717, 1.165) is 32.5 Å². The summed E-state index contributed by atoms with van der Waals surface area (Å²) in [5.41, 5.74) is 0.198. The van der Waals surface area contributed by atoms with Crippen molar-refractivity contribution >= 4 is 0 Å². The van der Waals surface area contributed by atoms with Crippen molar-refractivity contribution in [2.45, 2.75) is 69.5 Å². The van der Waals surface area contributed by atoms with Gasteiger partial charge < -0.3 is 14.6 Å². The molecule has 0 amide bonds. The van der Waals surface area contributed by atoms with Gasteiger partial charge in [-0.3, -0.25) is 0 Å². The first-order chi connectivity index (χ1) is 8.76. The van der Waals surface area contributed by atoms with E-state index in [4.69, 9.17) is 9.47 Å². The van der Waals surface area contributed by atoms with Gasteiger partial charge in [0, 0.05) is 12.0 Å². The van der Waals surface area contributed by atoms with Gasteiger partial charge in [-0.2, -0.15) is 0 Å². The summed E-state index contributed by atoms with van der Waals surface area (Å²) in [5.74, 6) is 0. The van der Waals surface area contributed by atoms with Gasteiger partial charge in [-0.1, -0.05) is 12.8 Å². The van der Waals surface area contributed by atoms with E-state index in [1.54, 1.807) is 0 Å². The van der Waals surface area contributed by atoms with Crippen LogP contribution in [0.15, 0.2) is 0 Å². The van der Waals surface area contributed by atoms with Crippen molar-refractivity contribution in [2.24, 2.45) is 5.41 Å². The Hall–Kier alpha value is -0.120. The molecule has 2 unspecified atom stereocenters. The molecule has 1 aliphatic carbocycles. The second kappa shape index (κ2) is 5.10. The zero-order valence-electron chi connectivity index (χ0n) is 11.3. The van der Waals surface area contributed by atoms with Crippen molar-refractivity contribution in [3.05, 3.63) is 0 Å². The van der Waals surface area contributed by atoms with Crippen molar-refractivity contribution < 1.29 is 14.6 Å². The number of hydrogen-bond donors (Lipinski definition) is 1. The lowest BCUT2D eigenvalue weighted by atomic mass is 9.78. The third kappa shape index (κ3) is 2.45. The van der Waals surface area contributed by atoms with E-state index in [9.17, 15) is 5.11 Å². The van der Waals surface area contributed by atoms with E-state index in [0.29, 0.717) is 6.10 Å². The number of hydrogen-bond acceptors (Lipinski definition) is 3. The highest BCUT2D eigenvalue weighted by atomic mass is 16.5. The Kier molecular flexibility index (Phi) is 3.65. The summed E-state index contributed by atoms with van der Waals surface area (Å²) in [5, 5.41) is 9.72. The molecule has 1 N–H and O–H groups in total. The molecule has 3 nitrogen and oxygen atoms in total. The van der Waals surface area contributed by atoms with Gasteiger partial charge in [0.25, 0.3) is 0 Å². The van der Waals surface area contributed by atoms with Gasteiger partial charge >= 0.3 is 0 Å². The Balaban J connectivity index is 1.59. The summed E-state index contributed by atoms with van der Waals surface area (Å²) >= 11 is 0. The van der Waals surface area contributed by atoms with Crippen molar-refractivity contribution in [3.63, 3.8) is 0 Å². The fraction of sp³-hybridized carbons (Fsp3) is 1.00. The molecule has 2 saturated heterocycles. The van der Waals surface area contributed by atoms with E-state index in [2.05, 4.69) is 0 Å². The molecular formula is C15H26O3. The van der Waals surface area contributed by atoms with Crippen molar-refractivity contribution in [1.29, 1.82) is 0 Å². The minimum Gasteiger partial charge on any atom is -0.396 e. The van der Waals surface area contributed by atoms with E-state index in [1.807, 2.05) is 0 Å². The smallest absolute Gasteiger partial charge is 0.0687 e. The SMILES string of the molecule is OCC1(CC2CCC3(CCCC3)O2)CCCOC1. The minimum atomic E-state index is -0.0208. The zero-order chi connectivity index (χ0) is 12.5. The average molecular weight is 254 g/mol. The van der Waals surface area contributed by atoms with Crippen LogP contribution in [0.4, 0.5) is 0 Å². The van der Waals surface area contributed by atoms with Crippen LogP contribution in [-0.4, -0.2) is 36.6 Å². The molecule has 1 spiro atoms. The lowest BCUT2D eigenvalue weighted by molar-refractivity contribution is -0.0938. The van der Waals surface area contributed by atoms with Gasteiger partial charge in [0.2, 0.25) is 0 Å². The van der Waals surface area contributed by atoms with E-state index >= 15 is 0 Å². The van der Waals surface area contributed by atoms with Crippen LogP contribution in [0, 0.1) is 5.41 Å². The van der Waals surface area contributed by atoms with Crippen molar-refractivity contribution in [1.82, 2.24) is 0 Å². The Morgan fingerprint density at radius 1 is 1.06 bits per heavy atom. The third-order valence-corrected chi connectivity index (χ3v) is 5.25. The zero-order valence-corrected chi connectivity index (χ0v) is 11.3. The molecule has 0 aromatic carbocycles. The maximum absolute atomic E-state index is 9.72. The molecule has 2 heterocycles. The van der Waals surface area contributed by atoms with Crippen LogP contribution in [-0.2, 0) is 9.47 Å². The number of aliphatic hydroxyl groups is 1. The highest BCUT2D eigenvalue weighted by molar-refractivity contribution is 4.95. The summed E-state index contributed by atoms with van der Waals surface area (Å²) in [6, 6.07) is 0. The molecular weight excluding hydrogens is 228 g/mol. The van der Waals surface area contributed by atoms with Gasteiger partial charge in [-0.05, 0) is 44.9 Å². The molecule has 2 aliphatic heterocycles. The molecule has 104 valence electrons.